The van der Waals surface area contributed by atoms with E-state index in [1.807, 2.05) is 0 Å². The molecule has 2 rings (SSSR count). The van der Waals surface area contributed by atoms with Crippen LogP contribution in [0, 0.1) is 13.8 Å². The van der Waals surface area contributed by atoms with Crippen molar-refractivity contribution >= 4 is 21.8 Å². The molecule has 1 aromatic rings. The molecular formula is C15H21BrN2O2. The summed E-state index contributed by atoms with van der Waals surface area (Å²) in [6.45, 7) is 5.12. The molecule has 1 heterocycles. The largest absolute Gasteiger partial charge is 0.364 e. The lowest BCUT2D eigenvalue weighted by molar-refractivity contribution is -0.132. The third-order valence-electron chi connectivity index (χ3n) is 3.76. The third kappa shape index (κ3) is 3.59. The van der Waals surface area contributed by atoms with Crippen molar-refractivity contribution in [3.63, 3.8) is 0 Å². The quantitative estimate of drug-likeness (QED) is 0.882. The van der Waals surface area contributed by atoms with Crippen LogP contribution >= 0.6 is 15.9 Å². The maximum absolute atomic E-state index is 12.1. The fraction of sp³-hybridized carbons (Fsp3) is 0.533. The predicted octanol–water partition coefficient (Wildman–Crippen LogP) is 2.19. The van der Waals surface area contributed by atoms with Crippen molar-refractivity contribution in [2.45, 2.75) is 45.4 Å². The topological polar surface area (TPSA) is 64.4 Å². The van der Waals surface area contributed by atoms with Gasteiger partial charge in [0.1, 0.15) is 6.10 Å². The zero-order valence-electron chi connectivity index (χ0n) is 11.9. The standard InChI is InChI=1S/C15H21BrN2O2/c1-9-5-11(16)6-10(2)13(9)8-18-15(19)14-4-3-12(7-17)20-14/h5-6,12,14H,3-4,7-8,17H2,1-2H3,(H,18,19)/t12-,14+/m1/s1. The Bertz CT molecular complexity index is 482. The second kappa shape index (κ2) is 6.70. The van der Waals surface area contributed by atoms with E-state index in [-0.39, 0.29) is 18.1 Å². The van der Waals surface area contributed by atoms with Crippen LogP contribution < -0.4 is 11.1 Å². The highest BCUT2D eigenvalue weighted by molar-refractivity contribution is 9.10. The number of hydrogen-bond donors (Lipinski definition) is 2. The molecule has 1 aromatic carbocycles. The van der Waals surface area contributed by atoms with Gasteiger partial charge in [0.05, 0.1) is 6.10 Å². The van der Waals surface area contributed by atoms with Crippen molar-refractivity contribution in [1.29, 1.82) is 0 Å². The summed E-state index contributed by atoms with van der Waals surface area (Å²) in [5, 5.41) is 2.97. The Hall–Kier alpha value is -0.910. The first-order valence-corrected chi connectivity index (χ1v) is 7.69. The molecule has 0 saturated carbocycles. The van der Waals surface area contributed by atoms with Crippen molar-refractivity contribution in [3.8, 4) is 0 Å². The molecule has 0 spiro atoms. The van der Waals surface area contributed by atoms with E-state index in [4.69, 9.17) is 10.5 Å². The van der Waals surface area contributed by atoms with E-state index in [1.54, 1.807) is 0 Å². The van der Waals surface area contributed by atoms with Crippen LogP contribution in [0.15, 0.2) is 16.6 Å². The maximum Gasteiger partial charge on any atom is 0.249 e. The smallest absolute Gasteiger partial charge is 0.249 e. The van der Waals surface area contributed by atoms with Crippen molar-refractivity contribution in [1.82, 2.24) is 5.32 Å². The number of nitrogens with one attached hydrogen (secondary N) is 1. The minimum absolute atomic E-state index is 0.0295. The van der Waals surface area contributed by atoms with E-state index in [0.29, 0.717) is 13.1 Å². The van der Waals surface area contributed by atoms with Gasteiger partial charge in [0.25, 0.3) is 0 Å². The average molecular weight is 341 g/mol. The van der Waals surface area contributed by atoms with Gasteiger partial charge in [0.2, 0.25) is 5.91 Å². The van der Waals surface area contributed by atoms with Crippen LogP contribution in [0.1, 0.15) is 29.5 Å². The van der Waals surface area contributed by atoms with Crippen LogP contribution in [0.25, 0.3) is 0 Å². The summed E-state index contributed by atoms with van der Waals surface area (Å²) < 4.78 is 6.66. The molecule has 4 nitrogen and oxygen atoms in total. The number of carbonyl (C=O) groups is 1. The zero-order chi connectivity index (χ0) is 14.7. The number of aryl methyl sites for hydroxylation is 2. The lowest BCUT2D eigenvalue weighted by atomic mass is 10.0. The van der Waals surface area contributed by atoms with E-state index < -0.39 is 0 Å². The Morgan fingerprint density at radius 1 is 1.40 bits per heavy atom. The summed E-state index contributed by atoms with van der Waals surface area (Å²) in [6, 6.07) is 4.12. The molecule has 5 heteroatoms. The van der Waals surface area contributed by atoms with Gasteiger partial charge < -0.3 is 15.8 Å². The number of halogens is 1. The Morgan fingerprint density at radius 3 is 2.60 bits per heavy atom. The second-order valence-corrected chi connectivity index (χ2v) is 6.21. The summed E-state index contributed by atoms with van der Waals surface area (Å²) >= 11 is 3.48. The van der Waals surface area contributed by atoms with Gasteiger partial charge in [-0.25, -0.2) is 0 Å². The Balaban J connectivity index is 1.94. The van der Waals surface area contributed by atoms with Crippen LogP contribution in [0.5, 0.6) is 0 Å². The minimum atomic E-state index is -0.348. The van der Waals surface area contributed by atoms with Crippen LogP contribution in [0.3, 0.4) is 0 Å². The fourth-order valence-electron chi connectivity index (χ4n) is 2.58. The first-order chi connectivity index (χ1) is 9.51. The number of hydrogen-bond acceptors (Lipinski definition) is 3. The number of ether oxygens (including phenoxy) is 1. The number of amides is 1. The van der Waals surface area contributed by atoms with Gasteiger partial charge in [-0.15, -0.1) is 0 Å². The summed E-state index contributed by atoms with van der Waals surface area (Å²) in [6.07, 6.45) is 1.30. The number of carbonyl (C=O) groups excluding carboxylic acids is 1. The van der Waals surface area contributed by atoms with Crippen molar-refractivity contribution < 1.29 is 9.53 Å². The van der Waals surface area contributed by atoms with E-state index in [2.05, 4.69) is 47.2 Å². The van der Waals surface area contributed by atoms with E-state index in [1.165, 1.54) is 11.1 Å². The van der Waals surface area contributed by atoms with Crippen LogP contribution in [0.4, 0.5) is 0 Å². The Labute approximate surface area is 128 Å². The summed E-state index contributed by atoms with van der Waals surface area (Å²) in [7, 11) is 0. The number of rotatable bonds is 4. The van der Waals surface area contributed by atoms with Gasteiger partial charge in [0, 0.05) is 17.6 Å². The first kappa shape index (κ1) is 15.5. The highest BCUT2D eigenvalue weighted by Crippen LogP contribution is 2.21. The maximum atomic E-state index is 12.1. The third-order valence-corrected chi connectivity index (χ3v) is 4.22. The minimum Gasteiger partial charge on any atom is -0.364 e. The normalized spacial score (nSPS) is 22.0. The molecule has 0 aliphatic carbocycles. The van der Waals surface area contributed by atoms with Gasteiger partial charge in [-0.2, -0.15) is 0 Å². The van der Waals surface area contributed by atoms with Crippen LogP contribution in [0.2, 0.25) is 0 Å². The molecule has 0 aromatic heterocycles. The molecule has 1 fully saturated rings. The fourth-order valence-corrected chi connectivity index (χ4v) is 3.27. The van der Waals surface area contributed by atoms with Crippen molar-refractivity contribution in [3.05, 3.63) is 33.3 Å². The van der Waals surface area contributed by atoms with Gasteiger partial charge >= 0.3 is 0 Å². The molecule has 110 valence electrons. The van der Waals surface area contributed by atoms with Gasteiger partial charge in [0.15, 0.2) is 0 Å². The second-order valence-electron chi connectivity index (χ2n) is 5.30. The van der Waals surface area contributed by atoms with Gasteiger partial charge in [-0.3, -0.25) is 4.79 Å². The van der Waals surface area contributed by atoms with Crippen molar-refractivity contribution in [2.75, 3.05) is 6.54 Å². The highest BCUT2D eigenvalue weighted by Gasteiger charge is 2.29. The molecule has 20 heavy (non-hydrogen) atoms. The Kier molecular flexibility index (Phi) is 5.18. The summed E-state index contributed by atoms with van der Waals surface area (Å²) in [4.78, 5) is 12.1. The molecule has 0 unspecified atom stereocenters. The first-order valence-electron chi connectivity index (χ1n) is 6.90. The predicted molar refractivity (Wildman–Crippen MR) is 82.4 cm³/mol. The molecular weight excluding hydrogens is 320 g/mol. The molecule has 2 atom stereocenters. The zero-order valence-corrected chi connectivity index (χ0v) is 13.5. The van der Waals surface area contributed by atoms with Gasteiger partial charge in [-0.1, -0.05) is 15.9 Å². The monoisotopic (exact) mass is 340 g/mol. The summed E-state index contributed by atoms with van der Waals surface area (Å²) in [5.74, 6) is -0.0392. The van der Waals surface area contributed by atoms with E-state index >= 15 is 0 Å². The van der Waals surface area contributed by atoms with E-state index in [9.17, 15) is 4.79 Å². The number of benzene rings is 1. The molecule has 0 bridgehead atoms. The molecule has 0 radical (unpaired) electrons. The van der Waals surface area contributed by atoms with E-state index in [0.717, 1.165) is 22.9 Å². The molecule has 3 N–H and O–H groups in total. The van der Waals surface area contributed by atoms with Gasteiger partial charge in [-0.05, 0) is 55.5 Å². The lowest BCUT2D eigenvalue weighted by Gasteiger charge is -2.15. The average Bonchev–Trinajstić information content (AvgIpc) is 2.86. The molecule has 1 aliphatic rings. The lowest BCUT2D eigenvalue weighted by Crippen LogP contribution is -2.35. The Morgan fingerprint density at radius 2 is 2.05 bits per heavy atom. The highest BCUT2D eigenvalue weighted by atomic mass is 79.9. The van der Waals surface area contributed by atoms with Crippen molar-refractivity contribution in [2.24, 2.45) is 5.73 Å². The molecule has 1 amide bonds. The SMILES string of the molecule is Cc1cc(Br)cc(C)c1CNC(=O)[C@@H]1CC[C@H](CN)O1. The van der Waals surface area contributed by atoms with Crippen LogP contribution in [-0.2, 0) is 16.1 Å². The number of nitrogens with two attached hydrogens (primary N) is 1. The molecule has 1 aliphatic heterocycles. The summed E-state index contributed by atoms with van der Waals surface area (Å²) in [5.41, 5.74) is 9.06. The molecule has 1 saturated heterocycles. The van der Waals surface area contributed by atoms with Crippen LogP contribution in [-0.4, -0.2) is 24.7 Å².